The molecular weight excluding hydrogens is 398 g/mol. The molecule has 0 fully saturated rings. The summed E-state index contributed by atoms with van der Waals surface area (Å²) < 4.78 is 0. The average Bonchev–Trinajstić information content (AvgIpc) is 2.77. The first-order valence-electron chi connectivity index (χ1n) is 9.08. The normalized spacial score (nSPS) is 10.8. The van der Waals surface area contributed by atoms with Gasteiger partial charge in [0.05, 0.1) is 20.7 Å². The fourth-order valence-corrected chi connectivity index (χ4v) is 5.99. The summed E-state index contributed by atoms with van der Waals surface area (Å²) in [6.07, 6.45) is 0. The largest absolute Gasteiger partial charge is 0.283 e. The molecular formula is C24H18NO2S2+. The van der Waals surface area contributed by atoms with Crippen molar-refractivity contribution in [1.82, 2.24) is 0 Å². The van der Waals surface area contributed by atoms with Gasteiger partial charge in [0, 0.05) is 11.0 Å². The van der Waals surface area contributed by atoms with Crippen LogP contribution in [0.15, 0.2) is 134 Å². The predicted molar refractivity (Wildman–Crippen MR) is 119 cm³/mol. The van der Waals surface area contributed by atoms with E-state index in [1.165, 1.54) is 26.4 Å². The van der Waals surface area contributed by atoms with Gasteiger partial charge in [-0.3, -0.25) is 10.1 Å². The van der Waals surface area contributed by atoms with E-state index in [1.807, 2.05) is 30.3 Å². The molecule has 4 aromatic rings. The molecule has 0 spiro atoms. The van der Waals surface area contributed by atoms with Gasteiger partial charge < -0.3 is 0 Å². The summed E-state index contributed by atoms with van der Waals surface area (Å²) in [5, 5.41) is 11.3. The third-order valence-corrected chi connectivity index (χ3v) is 7.61. The number of nitrogens with zero attached hydrogens (tertiary/aromatic N) is 1. The van der Waals surface area contributed by atoms with Crippen molar-refractivity contribution in [3.05, 3.63) is 119 Å². The standard InChI is InChI=1S/C24H18NO2S2/c26-25(27)23-13-7-8-14-24(23)28-19-15-17-22(18-16-19)29(20-9-3-1-4-10-20)21-11-5-2-6-12-21/h1-18H/q+1. The van der Waals surface area contributed by atoms with E-state index in [4.69, 9.17) is 0 Å². The van der Waals surface area contributed by atoms with Crippen LogP contribution < -0.4 is 0 Å². The summed E-state index contributed by atoms with van der Waals surface area (Å²) in [6, 6.07) is 36.1. The smallest absolute Gasteiger partial charge is 0.258 e. The highest BCUT2D eigenvalue weighted by Crippen LogP contribution is 2.36. The van der Waals surface area contributed by atoms with Crippen LogP contribution in [0.4, 0.5) is 5.69 Å². The zero-order chi connectivity index (χ0) is 20.1. The maximum atomic E-state index is 11.3. The minimum absolute atomic E-state index is 0.134. The van der Waals surface area contributed by atoms with Crippen molar-refractivity contribution in [3.8, 4) is 0 Å². The number of hydrogen-bond acceptors (Lipinski definition) is 3. The van der Waals surface area contributed by atoms with Gasteiger partial charge in [0.1, 0.15) is 0 Å². The zero-order valence-electron chi connectivity index (χ0n) is 15.5. The summed E-state index contributed by atoms with van der Waals surface area (Å²) in [5.41, 5.74) is 0.134. The Balaban J connectivity index is 1.66. The number of rotatable bonds is 6. The SMILES string of the molecule is O=[N+]([O-])c1ccccc1Sc1ccc([S+](c2ccccc2)c2ccccc2)cc1. The monoisotopic (exact) mass is 416 g/mol. The molecule has 0 heterocycles. The molecule has 0 aliphatic rings. The molecule has 0 unspecified atom stereocenters. The summed E-state index contributed by atoms with van der Waals surface area (Å²) in [6.45, 7) is 0. The Hall–Kier alpha value is -3.02. The molecule has 0 saturated heterocycles. The van der Waals surface area contributed by atoms with Gasteiger partial charge >= 0.3 is 0 Å². The number of hydrogen-bond donors (Lipinski definition) is 0. The molecule has 0 amide bonds. The Morgan fingerprint density at radius 3 is 1.66 bits per heavy atom. The number of nitro groups is 1. The van der Waals surface area contributed by atoms with Gasteiger partial charge in [-0.1, -0.05) is 60.3 Å². The van der Waals surface area contributed by atoms with Crippen LogP contribution >= 0.6 is 11.8 Å². The zero-order valence-corrected chi connectivity index (χ0v) is 17.1. The molecule has 4 aromatic carbocycles. The second-order valence-electron chi connectivity index (χ2n) is 6.23. The Labute approximate surface area is 176 Å². The Morgan fingerprint density at radius 2 is 1.10 bits per heavy atom. The highest BCUT2D eigenvalue weighted by atomic mass is 32.2. The lowest BCUT2D eigenvalue weighted by atomic mass is 10.3. The van der Waals surface area contributed by atoms with Crippen LogP contribution in [-0.4, -0.2) is 4.92 Å². The van der Waals surface area contributed by atoms with Crippen molar-refractivity contribution in [3.63, 3.8) is 0 Å². The molecule has 5 heteroatoms. The number of benzene rings is 4. The number of para-hydroxylation sites is 1. The van der Waals surface area contributed by atoms with Crippen LogP contribution in [-0.2, 0) is 10.9 Å². The lowest BCUT2D eigenvalue weighted by Crippen LogP contribution is -2.04. The van der Waals surface area contributed by atoms with E-state index >= 15 is 0 Å². The van der Waals surface area contributed by atoms with Crippen LogP contribution in [0.1, 0.15) is 0 Å². The molecule has 0 saturated carbocycles. The maximum absolute atomic E-state index is 11.3. The molecule has 0 aliphatic heterocycles. The second kappa shape index (κ2) is 8.99. The van der Waals surface area contributed by atoms with E-state index in [9.17, 15) is 10.1 Å². The van der Waals surface area contributed by atoms with Crippen LogP contribution in [0.25, 0.3) is 0 Å². The van der Waals surface area contributed by atoms with Gasteiger partial charge in [0.2, 0.25) is 0 Å². The van der Waals surface area contributed by atoms with Gasteiger partial charge in [-0.05, 0) is 54.6 Å². The van der Waals surface area contributed by atoms with Crippen molar-refractivity contribution >= 4 is 28.3 Å². The first-order chi connectivity index (χ1) is 14.2. The molecule has 0 aliphatic carbocycles. The van der Waals surface area contributed by atoms with E-state index in [1.54, 1.807) is 18.2 Å². The molecule has 0 atom stereocenters. The maximum Gasteiger partial charge on any atom is 0.283 e. The van der Waals surface area contributed by atoms with Crippen molar-refractivity contribution in [2.75, 3.05) is 0 Å². The molecule has 0 aromatic heterocycles. The Bertz CT molecular complexity index is 1060. The third kappa shape index (κ3) is 4.53. The van der Waals surface area contributed by atoms with Gasteiger partial charge in [-0.25, -0.2) is 0 Å². The van der Waals surface area contributed by atoms with Crippen LogP contribution in [0.3, 0.4) is 0 Å². The molecule has 29 heavy (non-hydrogen) atoms. The Kier molecular flexibility index (Phi) is 5.98. The lowest BCUT2D eigenvalue weighted by molar-refractivity contribution is -0.387. The van der Waals surface area contributed by atoms with E-state index in [0.717, 1.165) is 4.90 Å². The first-order valence-corrected chi connectivity index (χ1v) is 11.1. The van der Waals surface area contributed by atoms with Crippen molar-refractivity contribution < 1.29 is 4.92 Å². The molecule has 3 nitrogen and oxygen atoms in total. The summed E-state index contributed by atoms with van der Waals surface area (Å²) >= 11 is 1.42. The highest BCUT2D eigenvalue weighted by molar-refractivity contribution is 7.99. The second-order valence-corrected chi connectivity index (χ2v) is 9.37. The van der Waals surface area contributed by atoms with Gasteiger partial charge in [0.15, 0.2) is 14.7 Å². The third-order valence-electron chi connectivity index (χ3n) is 4.31. The van der Waals surface area contributed by atoms with E-state index in [0.29, 0.717) is 4.90 Å². The lowest BCUT2D eigenvalue weighted by Gasteiger charge is -2.09. The summed E-state index contributed by atoms with van der Waals surface area (Å²) in [4.78, 5) is 16.3. The minimum Gasteiger partial charge on any atom is -0.258 e. The summed E-state index contributed by atoms with van der Waals surface area (Å²) in [7, 11) is -0.199. The fourth-order valence-electron chi connectivity index (χ4n) is 2.99. The molecule has 0 bridgehead atoms. The molecule has 0 radical (unpaired) electrons. The Morgan fingerprint density at radius 1 is 0.621 bits per heavy atom. The van der Waals surface area contributed by atoms with Gasteiger partial charge in [-0.15, -0.1) is 0 Å². The van der Waals surface area contributed by atoms with Crippen molar-refractivity contribution in [2.24, 2.45) is 0 Å². The van der Waals surface area contributed by atoms with Crippen LogP contribution in [0, 0.1) is 10.1 Å². The van der Waals surface area contributed by atoms with Crippen LogP contribution in [0.5, 0.6) is 0 Å². The van der Waals surface area contributed by atoms with Crippen molar-refractivity contribution in [2.45, 2.75) is 24.5 Å². The topological polar surface area (TPSA) is 43.1 Å². The molecule has 142 valence electrons. The molecule has 4 rings (SSSR count). The highest BCUT2D eigenvalue weighted by Gasteiger charge is 2.28. The van der Waals surface area contributed by atoms with Gasteiger partial charge in [-0.2, -0.15) is 0 Å². The summed E-state index contributed by atoms with van der Waals surface area (Å²) in [5.74, 6) is 0. The first kappa shape index (κ1) is 19.3. The van der Waals surface area contributed by atoms with E-state index < -0.39 is 0 Å². The fraction of sp³-hybridized carbons (Fsp3) is 0. The number of nitro benzene ring substituents is 1. The van der Waals surface area contributed by atoms with Crippen molar-refractivity contribution in [1.29, 1.82) is 0 Å². The minimum atomic E-state index is -0.334. The van der Waals surface area contributed by atoms with E-state index in [-0.39, 0.29) is 21.5 Å². The predicted octanol–water partition coefficient (Wildman–Crippen LogP) is 6.84. The molecule has 0 N–H and O–H groups in total. The quantitative estimate of drug-likeness (QED) is 0.196. The average molecular weight is 417 g/mol. The van der Waals surface area contributed by atoms with Crippen LogP contribution in [0.2, 0.25) is 0 Å². The van der Waals surface area contributed by atoms with Gasteiger partial charge in [0.25, 0.3) is 5.69 Å². The van der Waals surface area contributed by atoms with E-state index in [2.05, 4.69) is 60.7 Å².